The second-order valence-electron chi connectivity index (χ2n) is 2.21. The zero-order valence-electron chi connectivity index (χ0n) is 7.59. The molecule has 1 rings (SSSR count). The molecule has 0 saturated carbocycles. The van der Waals surface area contributed by atoms with E-state index in [1.165, 1.54) is 7.11 Å². The summed E-state index contributed by atoms with van der Waals surface area (Å²) in [6, 6.07) is 0.852. The molecule has 0 amide bonds. The van der Waals surface area contributed by atoms with Crippen LogP contribution in [0.2, 0.25) is 0 Å². The van der Waals surface area contributed by atoms with Crippen molar-refractivity contribution in [3.8, 4) is 5.88 Å². The van der Waals surface area contributed by atoms with Gasteiger partial charge in [-0.15, -0.1) is 12.6 Å². The van der Waals surface area contributed by atoms with Gasteiger partial charge in [-0.25, -0.2) is 4.98 Å². The van der Waals surface area contributed by atoms with Gasteiger partial charge >= 0.3 is 6.18 Å². The molecule has 0 unspecified atom stereocenters. The summed E-state index contributed by atoms with van der Waals surface area (Å²) in [5, 5.41) is 0. The standard InChI is InChI=1S/C7H6F3NOS.Li/c1-12-6-5(13)4(2-3-11-6)7(8,9)10;/h2-3,13H,1H3;. The van der Waals surface area contributed by atoms with Crippen molar-refractivity contribution in [2.75, 3.05) is 7.11 Å². The minimum atomic E-state index is -4.42. The van der Waals surface area contributed by atoms with E-state index in [1.54, 1.807) is 0 Å². The summed E-state index contributed by atoms with van der Waals surface area (Å²) in [6.45, 7) is 0. The van der Waals surface area contributed by atoms with E-state index in [0.29, 0.717) is 0 Å². The van der Waals surface area contributed by atoms with Gasteiger partial charge in [0.1, 0.15) is 0 Å². The maximum Gasteiger partial charge on any atom is 0.417 e. The molecular weight excluding hydrogens is 210 g/mol. The molecule has 73 valence electrons. The van der Waals surface area contributed by atoms with Gasteiger partial charge in [-0.05, 0) is 6.07 Å². The molecule has 0 spiro atoms. The first-order chi connectivity index (χ1) is 5.96. The molecule has 2 nitrogen and oxygen atoms in total. The van der Waals surface area contributed by atoms with Crippen molar-refractivity contribution in [1.82, 2.24) is 4.98 Å². The normalized spacial score (nSPS) is 10.6. The molecule has 1 aromatic heterocycles. The number of hydrogen-bond acceptors (Lipinski definition) is 3. The minimum Gasteiger partial charge on any atom is -0.480 e. The average molecular weight is 216 g/mol. The van der Waals surface area contributed by atoms with Crippen molar-refractivity contribution in [3.05, 3.63) is 17.8 Å². The molecule has 1 radical (unpaired) electrons. The summed E-state index contributed by atoms with van der Waals surface area (Å²) < 4.78 is 41.3. The average Bonchev–Trinajstić information content (AvgIpc) is 2.02. The zero-order chi connectivity index (χ0) is 10.1. The summed E-state index contributed by atoms with van der Waals surface area (Å²) in [7, 11) is 1.24. The van der Waals surface area contributed by atoms with Gasteiger partial charge in [-0.3, -0.25) is 0 Å². The smallest absolute Gasteiger partial charge is 0.417 e. The molecule has 0 N–H and O–H groups in total. The number of rotatable bonds is 1. The molecule has 0 aliphatic heterocycles. The number of ether oxygens (including phenoxy) is 1. The molecule has 7 heteroatoms. The van der Waals surface area contributed by atoms with Crippen molar-refractivity contribution < 1.29 is 17.9 Å². The number of halogens is 3. The largest absolute Gasteiger partial charge is 0.480 e. The number of nitrogens with zero attached hydrogens (tertiary/aromatic N) is 1. The predicted molar refractivity (Wildman–Crippen MR) is 48.8 cm³/mol. The quantitative estimate of drug-likeness (QED) is 0.573. The van der Waals surface area contributed by atoms with E-state index in [-0.39, 0.29) is 29.6 Å². The topological polar surface area (TPSA) is 22.1 Å². The van der Waals surface area contributed by atoms with E-state index >= 15 is 0 Å². The van der Waals surface area contributed by atoms with Crippen molar-refractivity contribution >= 4 is 31.5 Å². The van der Waals surface area contributed by atoms with Crippen LogP contribution in [-0.2, 0) is 6.18 Å². The molecule has 0 saturated heterocycles. The minimum absolute atomic E-state index is 0. The Morgan fingerprint density at radius 2 is 2.00 bits per heavy atom. The summed E-state index contributed by atoms with van der Waals surface area (Å²) in [5.41, 5.74) is -0.845. The molecule has 0 bridgehead atoms. The fraction of sp³-hybridized carbons (Fsp3) is 0.286. The maximum atomic E-state index is 12.2. The number of pyridine rings is 1. The molecule has 0 aliphatic rings. The van der Waals surface area contributed by atoms with Gasteiger partial charge in [0.15, 0.2) is 0 Å². The van der Waals surface area contributed by atoms with Crippen molar-refractivity contribution in [2.24, 2.45) is 0 Å². The van der Waals surface area contributed by atoms with E-state index in [9.17, 15) is 13.2 Å². The fourth-order valence-corrected chi connectivity index (χ4v) is 1.16. The van der Waals surface area contributed by atoms with Crippen LogP contribution in [0.25, 0.3) is 0 Å². The van der Waals surface area contributed by atoms with Crippen LogP contribution < -0.4 is 4.74 Å². The summed E-state index contributed by atoms with van der Waals surface area (Å²) in [5.74, 6) is -0.127. The molecule has 14 heavy (non-hydrogen) atoms. The van der Waals surface area contributed by atoms with Crippen LogP contribution in [-0.4, -0.2) is 31.0 Å². The van der Waals surface area contributed by atoms with E-state index in [4.69, 9.17) is 0 Å². The Bertz CT molecular complexity index is 318. The third-order valence-electron chi connectivity index (χ3n) is 1.39. The Morgan fingerprint density at radius 1 is 1.43 bits per heavy atom. The third kappa shape index (κ3) is 2.84. The van der Waals surface area contributed by atoms with E-state index in [1.807, 2.05) is 0 Å². The van der Waals surface area contributed by atoms with Crippen LogP contribution >= 0.6 is 12.6 Å². The number of aromatic nitrogens is 1. The van der Waals surface area contributed by atoms with Gasteiger partial charge in [-0.2, -0.15) is 13.2 Å². The summed E-state index contributed by atoms with van der Waals surface area (Å²) >= 11 is 3.68. The Balaban J connectivity index is 0.00000169. The molecule has 1 heterocycles. The first kappa shape index (κ1) is 13.7. The molecule has 0 aliphatic carbocycles. The third-order valence-corrected chi connectivity index (χ3v) is 1.82. The van der Waals surface area contributed by atoms with Crippen molar-refractivity contribution in [3.63, 3.8) is 0 Å². The first-order valence-electron chi connectivity index (χ1n) is 3.26. The monoisotopic (exact) mass is 216 g/mol. The van der Waals surface area contributed by atoms with Gasteiger partial charge in [0, 0.05) is 25.1 Å². The van der Waals surface area contributed by atoms with Crippen molar-refractivity contribution in [1.29, 1.82) is 0 Å². The Morgan fingerprint density at radius 3 is 2.43 bits per heavy atom. The van der Waals surface area contributed by atoms with Crippen LogP contribution in [0.1, 0.15) is 5.56 Å². The second kappa shape index (κ2) is 4.96. The van der Waals surface area contributed by atoms with Gasteiger partial charge in [0.05, 0.1) is 17.6 Å². The van der Waals surface area contributed by atoms with Crippen LogP contribution in [0, 0.1) is 0 Å². The van der Waals surface area contributed by atoms with Gasteiger partial charge < -0.3 is 4.74 Å². The molecule has 0 atom stereocenters. The van der Waals surface area contributed by atoms with E-state index in [0.717, 1.165) is 12.3 Å². The number of thiol groups is 1. The SMILES string of the molecule is COc1nccc(C(F)(F)F)c1S.[Li]. The van der Waals surface area contributed by atoms with Crippen LogP contribution in [0.4, 0.5) is 13.2 Å². The van der Waals surface area contributed by atoms with Crippen LogP contribution in [0.15, 0.2) is 17.2 Å². The van der Waals surface area contributed by atoms with Gasteiger partial charge in [-0.1, -0.05) is 0 Å². The Labute approximate surface area is 96.4 Å². The fourth-order valence-electron chi connectivity index (χ4n) is 0.813. The Hall–Kier alpha value is -0.313. The molecular formula is C7H6F3LiNOS. The van der Waals surface area contributed by atoms with Crippen LogP contribution in [0.3, 0.4) is 0 Å². The van der Waals surface area contributed by atoms with Crippen molar-refractivity contribution in [2.45, 2.75) is 11.1 Å². The number of alkyl halides is 3. The maximum absolute atomic E-state index is 12.2. The number of methoxy groups -OCH3 is 1. The predicted octanol–water partition coefficient (Wildman–Crippen LogP) is 2.02. The van der Waals surface area contributed by atoms with Crippen LogP contribution in [0.5, 0.6) is 5.88 Å². The van der Waals surface area contributed by atoms with Gasteiger partial charge in [0.25, 0.3) is 0 Å². The first-order valence-corrected chi connectivity index (χ1v) is 3.70. The molecule has 1 aromatic rings. The summed E-state index contributed by atoms with van der Waals surface area (Å²) in [4.78, 5) is 3.28. The van der Waals surface area contributed by atoms with Gasteiger partial charge in [0.2, 0.25) is 5.88 Å². The Kier molecular flexibility index (Phi) is 4.85. The second-order valence-corrected chi connectivity index (χ2v) is 2.66. The molecule has 0 fully saturated rings. The summed E-state index contributed by atoms with van der Waals surface area (Å²) in [6.07, 6.45) is -3.39. The molecule has 0 aromatic carbocycles. The van der Waals surface area contributed by atoms with E-state index in [2.05, 4.69) is 22.3 Å². The number of hydrogen-bond donors (Lipinski definition) is 1. The van der Waals surface area contributed by atoms with E-state index < -0.39 is 11.7 Å². The zero-order valence-corrected chi connectivity index (χ0v) is 8.49.